The Hall–Kier alpha value is -2.99. The molecule has 188 valence electrons. The molecule has 3 aromatic carbocycles. The highest BCUT2D eigenvalue weighted by molar-refractivity contribution is 7.99. The second-order valence-electron chi connectivity index (χ2n) is 8.07. The van der Waals surface area contributed by atoms with E-state index in [0.29, 0.717) is 17.9 Å². The Morgan fingerprint density at radius 2 is 1.44 bits per heavy atom. The van der Waals surface area contributed by atoms with Crippen LogP contribution in [-0.2, 0) is 16.0 Å². The number of allylic oxidation sites excluding steroid dienone is 2. The molecule has 0 radical (unpaired) electrons. The van der Waals surface area contributed by atoms with E-state index in [4.69, 9.17) is 17.0 Å². The zero-order chi connectivity index (χ0) is 26.0. The summed E-state index contributed by atoms with van der Waals surface area (Å²) >= 11 is 6.60. The Kier molecular flexibility index (Phi) is 14.2. The molecule has 2 heterocycles. The summed E-state index contributed by atoms with van der Waals surface area (Å²) in [7, 11) is 0. The van der Waals surface area contributed by atoms with Crippen LogP contribution in [-0.4, -0.2) is 30.5 Å². The Balaban J connectivity index is 0.000000180. The largest absolute Gasteiger partial charge is 0.484 e. The van der Waals surface area contributed by atoms with Crippen molar-refractivity contribution in [3.8, 4) is 0 Å². The number of Topliss-reactive ketones (excluding diaryl/α,β-unsaturated/α-hetero) is 1. The van der Waals surface area contributed by atoms with Gasteiger partial charge < -0.3 is 10.1 Å². The highest BCUT2D eigenvalue weighted by atomic mass is 32.2. The van der Waals surface area contributed by atoms with Gasteiger partial charge in [-0.2, -0.15) is 0 Å². The Morgan fingerprint density at radius 1 is 0.917 bits per heavy atom. The number of hydrogen-bond acceptors (Lipinski definition) is 5. The topological polar surface area (TPSA) is 38.3 Å². The predicted octanol–water partition coefficient (Wildman–Crippen LogP) is 7.38. The predicted molar refractivity (Wildman–Crippen MR) is 157 cm³/mol. The second-order valence-corrected chi connectivity index (χ2v) is 9.61. The van der Waals surface area contributed by atoms with Crippen LogP contribution in [0.1, 0.15) is 29.5 Å². The van der Waals surface area contributed by atoms with Gasteiger partial charge in [0.2, 0.25) is 0 Å². The molecule has 3 nitrogen and oxygen atoms in total. The van der Waals surface area contributed by atoms with E-state index in [1.165, 1.54) is 26.5 Å². The van der Waals surface area contributed by atoms with E-state index in [-0.39, 0.29) is 5.78 Å². The standard InChI is InChI=1S/C13H10S.C7H10O.C7H8.C4H7NOS/c1-3-7-12-10(5-1)9-11-6-2-4-8-13(11)14-12;1-3-5-7(8)6-4-2;1-7-5-3-2-4-6-7;7-4-3-5-1-2-6-4/h1-8H,9H2;3-4H,1-2,5-6H2;2-6H,1H3;5H,1-3H2. The monoisotopic (exact) mass is 517 g/mol. The van der Waals surface area contributed by atoms with E-state index in [2.05, 4.69) is 86.1 Å². The van der Waals surface area contributed by atoms with Gasteiger partial charge in [0.25, 0.3) is 0 Å². The van der Waals surface area contributed by atoms with Gasteiger partial charge in [-0.25, -0.2) is 0 Å². The van der Waals surface area contributed by atoms with Gasteiger partial charge in [0.1, 0.15) is 12.4 Å². The summed E-state index contributed by atoms with van der Waals surface area (Å²) in [6, 6.07) is 27.6. The first-order chi connectivity index (χ1) is 17.5. The molecule has 2 aliphatic rings. The van der Waals surface area contributed by atoms with E-state index in [9.17, 15) is 4.79 Å². The molecule has 0 spiro atoms. The Morgan fingerprint density at radius 3 is 1.83 bits per heavy atom. The fourth-order valence-corrected chi connectivity index (χ4v) is 4.50. The number of rotatable bonds is 4. The van der Waals surface area contributed by atoms with Gasteiger partial charge in [0.05, 0.1) is 6.54 Å². The average Bonchev–Trinajstić information content (AvgIpc) is 2.90. The summed E-state index contributed by atoms with van der Waals surface area (Å²) in [5.74, 6) is 0.176. The lowest BCUT2D eigenvalue weighted by molar-refractivity contribution is -0.117. The molecule has 0 bridgehead atoms. The van der Waals surface area contributed by atoms with Crippen molar-refractivity contribution in [2.24, 2.45) is 0 Å². The number of hydrogen-bond donors (Lipinski definition) is 1. The van der Waals surface area contributed by atoms with Crippen LogP contribution >= 0.6 is 24.0 Å². The minimum atomic E-state index is 0.176. The van der Waals surface area contributed by atoms with Crippen molar-refractivity contribution in [1.29, 1.82) is 0 Å². The molecule has 1 saturated heterocycles. The summed E-state index contributed by atoms with van der Waals surface area (Å²) in [5, 5.41) is 3.75. The number of carbonyl (C=O) groups excluding carboxylic acids is 1. The Bertz CT molecular complexity index is 1000. The normalized spacial score (nSPS) is 12.8. The van der Waals surface area contributed by atoms with Crippen LogP contribution in [0.4, 0.5) is 0 Å². The van der Waals surface area contributed by atoms with Gasteiger partial charge in [0.15, 0.2) is 5.05 Å². The van der Waals surface area contributed by atoms with E-state index >= 15 is 0 Å². The van der Waals surface area contributed by atoms with E-state index in [0.717, 1.165) is 26.1 Å². The first kappa shape index (κ1) is 29.2. The molecule has 2 aliphatic heterocycles. The van der Waals surface area contributed by atoms with Crippen LogP contribution in [0.15, 0.2) is 114 Å². The molecule has 0 unspecified atom stereocenters. The number of carbonyl (C=O) groups is 1. The maximum absolute atomic E-state index is 10.5. The highest BCUT2D eigenvalue weighted by Crippen LogP contribution is 2.38. The van der Waals surface area contributed by atoms with Crippen molar-refractivity contribution >= 4 is 34.8 Å². The van der Waals surface area contributed by atoms with Gasteiger partial charge in [-0.1, -0.05) is 96.2 Å². The third kappa shape index (κ3) is 11.6. The van der Waals surface area contributed by atoms with Crippen LogP contribution in [0.2, 0.25) is 0 Å². The maximum atomic E-state index is 10.5. The minimum absolute atomic E-state index is 0.176. The molecule has 0 aromatic heterocycles. The summed E-state index contributed by atoms with van der Waals surface area (Å²) in [5.41, 5.74) is 4.23. The lowest BCUT2D eigenvalue weighted by Crippen LogP contribution is -2.33. The Labute approximate surface area is 225 Å². The number of benzene rings is 3. The van der Waals surface area contributed by atoms with Gasteiger partial charge in [-0.05, 0) is 48.8 Å². The molecule has 0 saturated carbocycles. The highest BCUT2D eigenvalue weighted by Gasteiger charge is 2.13. The molecule has 3 aromatic rings. The first-order valence-corrected chi connectivity index (χ1v) is 13.2. The van der Waals surface area contributed by atoms with Crippen LogP contribution < -0.4 is 5.32 Å². The van der Waals surface area contributed by atoms with Crippen LogP contribution in [0.5, 0.6) is 0 Å². The molecule has 36 heavy (non-hydrogen) atoms. The zero-order valence-corrected chi connectivity index (χ0v) is 22.6. The molecule has 0 atom stereocenters. The van der Waals surface area contributed by atoms with Crippen molar-refractivity contribution < 1.29 is 9.53 Å². The van der Waals surface area contributed by atoms with Crippen molar-refractivity contribution in [2.45, 2.75) is 36.0 Å². The molecular weight excluding hydrogens is 482 g/mol. The molecule has 1 N–H and O–H groups in total. The average molecular weight is 518 g/mol. The molecule has 1 fully saturated rings. The number of ketones is 1. The number of nitrogens with one attached hydrogen (secondary N) is 1. The number of morpholine rings is 1. The molecule has 0 amide bonds. The van der Waals surface area contributed by atoms with E-state index in [1.807, 2.05) is 30.0 Å². The zero-order valence-electron chi connectivity index (χ0n) is 21.0. The fraction of sp³-hybridized carbons (Fsp3) is 0.226. The number of fused-ring (bicyclic) bond motifs is 2. The van der Waals surface area contributed by atoms with Gasteiger partial charge in [-0.3, -0.25) is 4.79 Å². The van der Waals surface area contributed by atoms with Crippen molar-refractivity contribution in [3.05, 3.63) is 121 Å². The van der Waals surface area contributed by atoms with Gasteiger partial charge >= 0.3 is 0 Å². The van der Waals surface area contributed by atoms with Crippen molar-refractivity contribution in [1.82, 2.24) is 5.32 Å². The lowest BCUT2D eigenvalue weighted by atomic mass is 10.0. The molecule has 5 heteroatoms. The van der Waals surface area contributed by atoms with Crippen molar-refractivity contribution in [2.75, 3.05) is 19.7 Å². The quantitative estimate of drug-likeness (QED) is 0.226. The minimum Gasteiger partial charge on any atom is -0.484 e. The smallest absolute Gasteiger partial charge is 0.173 e. The molecule has 5 rings (SSSR count). The van der Waals surface area contributed by atoms with Crippen LogP contribution in [0, 0.1) is 6.92 Å². The summed E-state index contributed by atoms with van der Waals surface area (Å²) < 4.78 is 4.95. The second kappa shape index (κ2) is 17.4. The molecule has 0 aliphatic carbocycles. The van der Waals surface area contributed by atoms with Gasteiger partial charge in [0, 0.05) is 29.2 Å². The van der Waals surface area contributed by atoms with Crippen LogP contribution in [0.3, 0.4) is 0 Å². The first-order valence-electron chi connectivity index (χ1n) is 12.0. The summed E-state index contributed by atoms with van der Waals surface area (Å²) in [6.07, 6.45) is 5.22. The van der Waals surface area contributed by atoms with Gasteiger partial charge in [-0.15, -0.1) is 13.2 Å². The summed E-state index contributed by atoms with van der Waals surface area (Å²) in [6.45, 7) is 11.3. The van der Waals surface area contributed by atoms with Crippen LogP contribution in [0.25, 0.3) is 0 Å². The van der Waals surface area contributed by atoms with E-state index < -0.39 is 0 Å². The number of ether oxygens (including phenoxy) is 1. The SMILES string of the molecule is C=CCC(=O)CC=C.Cc1ccccc1.S=C1CNCCO1.c1ccc2c(c1)Cc1ccccc1S2. The van der Waals surface area contributed by atoms with E-state index in [1.54, 1.807) is 12.2 Å². The number of thiocarbonyl (C=S) groups is 1. The fourth-order valence-electron chi connectivity index (χ4n) is 3.24. The third-order valence-corrected chi connectivity index (χ3v) is 6.54. The third-order valence-electron chi connectivity index (χ3n) is 5.04. The molecular formula is C31H35NO2S2. The maximum Gasteiger partial charge on any atom is 0.173 e. The van der Waals surface area contributed by atoms with Crippen molar-refractivity contribution in [3.63, 3.8) is 0 Å². The number of aryl methyl sites for hydroxylation is 1. The lowest BCUT2D eigenvalue weighted by Gasteiger charge is -2.17. The summed E-state index contributed by atoms with van der Waals surface area (Å²) in [4.78, 5) is 13.3.